The summed E-state index contributed by atoms with van der Waals surface area (Å²) < 4.78 is 0. The molecule has 19 heavy (non-hydrogen) atoms. The van der Waals surface area contributed by atoms with Gasteiger partial charge in [0.25, 0.3) is 0 Å². The first-order valence-corrected chi connectivity index (χ1v) is 6.68. The molecule has 0 aliphatic rings. The molecule has 0 aliphatic carbocycles. The van der Waals surface area contributed by atoms with Crippen LogP contribution in [0.25, 0.3) is 10.9 Å². The van der Waals surface area contributed by atoms with E-state index in [9.17, 15) is 5.26 Å². The van der Waals surface area contributed by atoms with Crippen molar-refractivity contribution in [1.29, 1.82) is 5.26 Å². The van der Waals surface area contributed by atoms with Crippen molar-refractivity contribution >= 4 is 16.6 Å². The van der Waals surface area contributed by atoms with Gasteiger partial charge in [0.05, 0.1) is 11.2 Å². The number of benzene rings is 1. The Morgan fingerprint density at radius 2 is 2.11 bits per heavy atom. The van der Waals surface area contributed by atoms with Crippen molar-refractivity contribution in [1.82, 2.24) is 10.2 Å². The van der Waals surface area contributed by atoms with Crippen LogP contribution >= 0.6 is 0 Å². The van der Waals surface area contributed by atoms with Crippen LogP contribution in [0.5, 0.6) is 0 Å². The topological polar surface area (TPSA) is 61.6 Å². The maximum Gasteiger partial charge on any atom is 0.186 e. The molecule has 0 aliphatic heterocycles. The van der Waals surface area contributed by atoms with Crippen LogP contribution in [0.4, 0.5) is 5.69 Å². The summed E-state index contributed by atoms with van der Waals surface area (Å²) in [7, 11) is 0. The van der Waals surface area contributed by atoms with Crippen molar-refractivity contribution in [2.75, 3.05) is 5.32 Å². The Kier molecular flexibility index (Phi) is 4.30. The Bertz CT molecular complexity index is 601. The van der Waals surface area contributed by atoms with E-state index in [0.29, 0.717) is 11.7 Å². The third-order valence-electron chi connectivity index (χ3n) is 3.16. The lowest BCUT2D eigenvalue weighted by molar-refractivity contribution is 0.645. The van der Waals surface area contributed by atoms with Gasteiger partial charge in [0.15, 0.2) is 5.69 Å². The van der Waals surface area contributed by atoms with E-state index in [-0.39, 0.29) is 0 Å². The Morgan fingerprint density at radius 3 is 2.84 bits per heavy atom. The average molecular weight is 254 g/mol. The van der Waals surface area contributed by atoms with E-state index in [2.05, 4.69) is 35.4 Å². The summed E-state index contributed by atoms with van der Waals surface area (Å²) in [6, 6.07) is 10.2. The van der Waals surface area contributed by atoms with Gasteiger partial charge in [-0.25, -0.2) is 0 Å². The van der Waals surface area contributed by atoms with E-state index in [1.807, 2.05) is 24.3 Å². The number of aromatic nitrogens is 2. The fraction of sp³-hybridized carbons (Fsp3) is 0.400. The molecule has 0 fully saturated rings. The number of fused-ring (bicyclic) bond motifs is 1. The first kappa shape index (κ1) is 13.3. The van der Waals surface area contributed by atoms with Gasteiger partial charge in [0.1, 0.15) is 6.07 Å². The molecule has 0 bridgehead atoms. The lowest BCUT2D eigenvalue weighted by Gasteiger charge is -2.16. The summed E-state index contributed by atoms with van der Waals surface area (Å²) in [5.41, 5.74) is 1.98. The van der Waals surface area contributed by atoms with Crippen LogP contribution in [0.3, 0.4) is 0 Å². The lowest BCUT2D eigenvalue weighted by atomic mass is 10.1. The molecule has 0 spiro atoms. The Morgan fingerprint density at radius 1 is 1.32 bits per heavy atom. The quantitative estimate of drug-likeness (QED) is 0.887. The highest BCUT2D eigenvalue weighted by Gasteiger charge is 2.12. The first-order chi connectivity index (χ1) is 9.26. The highest BCUT2D eigenvalue weighted by atomic mass is 15.1. The van der Waals surface area contributed by atoms with Gasteiger partial charge < -0.3 is 5.32 Å². The molecule has 1 N–H and O–H groups in total. The molecule has 2 aromatic rings. The van der Waals surface area contributed by atoms with Crippen LogP contribution in [0.2, 0.25) is 0 Å². The van der Waals surface area contributed by atoms with Crippen molar-refractivity contribution in [3.05, 3.63) is 30.0 Å². The van der Waals surface area contributed by atoms with Gasteiger partial charge in [-0.05, 0) is 19.4 Å². The van der Waals surface area contributed by atoms with Crippen LogP contribution in [0, 0.1) is 11.3 Å². The summed E-state index contributed by atoms with van der Waals surface area (Å²) in [4.78, 5) is 0. The van der Waals surface area contributed by atoms with Crippen LogP contribution in [-0.2, 0) is 0 Å². The predicted octanol–water partition coefficient (Wildman–Crippen LogP) is 3.49. The molecular formula is C15H18N4. The van der Waals surface area contributed by atoms with Crippen LogP contribution < -0.4 is 5.32 Å². The van der Waals surface area contributed by atoms with E-state index in [1.165, 1.54) is 12.8 Å². The molecule has 98 valence electrons. The molecule has 1 heterocycles. The van der Waals surface area contributed by atoms with Crippen molar-refractivity contribution in [2.24, 2.45) is 0 Å². The third kappa shape index (κ3) is 3.00. The summed E-state index contributed by atoms with van der Waals surface area (Å²) in [6.45, 7) is 4.31. The van der Waals surface area contributed by atoms with Crippen molar-refractivity contribution < 1.29 is 0 Å². The molecule has 1 aromatic heterocycles. The van der Waals surface area contributed by atoms with Gasteiger partial charge in [-0.15, -0.1) is 10.2 Å². The minimum atomic E-state index is 0.319. The smallest absolute Gasteiger partial charge is 0.186 e. The number of anilines is 1. The second-order valence-corrected chi connectivity index (χ2v) is 4.74. The Labute approximate surface area is 113 Å². The molecule has 4 nitrogen and oxygen atoms in total. The molecule has 1 unspecified atom stereocenters. The van der Waals surface area contributed by atoms with Gasteiger partial charge in [-0.2, -0.15) is 5.26 Å². The number of hydrogen-bond acceptors (Lipinski definition) is 4. The number of nitrogens with one attached hydrogen (secondary N) is 1. The zero-order chi connectivity index (χ0) is 13.7. The van der Waals surface area contributed by atoms with Gasteiger partial charge in [-0.3, -0.25) is 0 Å². The maximum atomic E-state index is 9.17. The van der Waals surface area contributed by atoms with E-state index in [4.69, 9.17) is 0 Å². The molecule has 0 amide bonds. The minimum Gasteiger partial charge on any atom is -0.380 e. The largest absolute Gasteiger partial charge is 0.380 e. The standard InChI is InChI=1S/C15H18N4/c1-3-4-7-11(2)17-15-12-8-5-6-9-13(12)18-19-14(15)10-16/h5-6,8-9,11H,3-4,7H2,1-2H3,(H,17,18). The maximum absolute atomic E-state index is 9.17. The van der Waals surface area contributed by atoms with Crippen molar-refractivity contribution in [3.8, 4) is 6.07 Å². The SMILES string of the molecule is CCCCC(C)Nc1c(C#N)nnc2ccccc12. The van der Waals surface area contributed by atoms with Gasteiger partial charge in [0.2, 0.25) is 0 Å². The molecule has 0 saturated carbocycles. The second-order valence-electron chi connectivity index (χ2n) is 4.74. The first-order valence-electron chi connectivity index (χ1n) is 6.68. The molecule has 0 saturated heterocycles. The normalized spacial score (nSPS) is 12.1. The summed E-state index contributed by atoms with van der Waals surface area (Å²) in [5, 5.41) is 21.6. The lowest BCUT2D eigenvalue weighted by Crippen LogP contribution is -2.16. The van der Waals surface area contributed by atoms with E-state index < -0.39 is 0 Å². The number of hydrogen-bond donors (Lipinski definition) is 1. The van der Waals surface area contributed by atoms with E-state index in [1.54, 1.807) is 0 Å². The Balaban J connectivity index is 2.37. The van der Waals surface area contributed by atoms with Crippen LogP contribution in [0.15, 0.2) is 24.3 Å². The number of nitriles is 1. The average Bonchev–Trinajstić information content (AvgIpc) is 2.45. The highest BCUT2D eigenvalue weighted by Crippen LogP contribution is 2.25. The molecule has 4 heteroatoms. The molecular weight excluding hydrogens is 236 g/mol. The second kappa shape index (κ2) is 6.14. The number of unbranched alkanes of at least 4 members (excludes halogenated alkanes) is 1. The monoisotopic (exact) mass is 254 g/mol. The van der Waals surface area contributed by atoms with E-state index >= 15 is 0 Å². The fourth-order valence-electron chi connectivity index (χ4n) is 2.11. The molecule has 2 rings (SSSR count). The predicted molar refractivity (Wildman–Crippen MR) is 76.9 cm³/mol. The third-order valence-corrected chi connectivity index (χ3v) is 3.16. The summed E-state index contributed by atoms with van der Waals surface area (Å²) >= 11 is 0. The zero-order valence-corrected chi connectivity index (χ0v) is 11.3. The zero-order valence-electron chi connectivity index (χ0n) is 11.3. The summed E-state index contributed by atoms with van der Waals surface area (Å²) in [6.07, 6.45) is 3.43. The number of rotatable bonds is 5. The van der Waals surface area contributed by atoms with E-state index in [0.717, 1.165) is 23.0 Å². The fourth-order valence-corrected chi connectivity index (χ4v) is 2.11. The number of nitrogens with zero attached hydrogens (tertiary/aromatic N) is 3. The Hall–Kier alpha value is -2.15. The highest BCUT2D eigenvalue weighted by molar-refractivity contribution is 5.92. The van der Waals surface area contributed by atoms with Crippen molar-refractivity contribution in [2.45, 2.75) is 39.2 Å². The molecule has 1 atom stereocenters. The molecule has 0 radical (unpaired) electrons. The van der Waals surface area contributed by atoms with Crippen LogP contribution in [0.1, 0.15) is 38.8 Å². The van der Waals surface area contributed by atoms with Gasteiger partial charge in [-0.1, -0.05) is 38.0 Å². The minimum absolute atomic E-state index is 0.319. The summed E-state index contributed by atoms with van der Waals surface area (Å²) in [5.74, 6) is 0. The van der Waals surface area contributed by atoms with Crippen LogP contribution in [-0.4, -0.2) is 16.2 Å². The van der Waals surface area contributed by atoms with Crippen molar-refractivity contribution in [3.63, 3.8) is 0 Å². The van der Waals surface area contributed by atoms with Gasteiger partial charge >= 0.3 is 0 Å². The van der Waals surface area contributed by atoms with Gasteiger partial charge in [0, 0.05) is 11.4 Å². The molecule has 1 aromatic carbocycles.